The molecule has 178 valence electrons. The first-order chi connectivity index (χ1) is 17.5. The van der Waals surface area contributed by atoms with Crippen LogP contribution in [-0.2, 0) is 10.3 Å². The molecule has 0 radical (unpaired) electrons. The number of anilines is 2. The van der Waals surface area contributed by atoms with Gasteiger partial charge in [0.2, 0.25) is 5.91 Å². The molecule has 3 unspecified atom stereocenters. The van der Waals surface area contributed by atoms with Crippen LogP contribution in [0.5, 0.6) is 0 Å². The molecule has 0 aromatic heterocycles. The standard InChI is InChI=1S/C30H22Cl2N2O2/c31-23-17-15-22(16-18-23)30-19-26(20-9-3-1-4-10-20)33(28(35)21-11-5-2-6-12-21)24-13-7-8-14-25(24)34(30)29(36)27(30)32/h1-18,26-27H,19H2. The maximum absolute atomic E-state index is 14.2. The van der Waals surface area contributed by atoms with E-state index in [1.54, 1.807) is 4.90 Å². The Bertz CT molecular complexity index is 1440. The van der Waals surface area contributed by atoms with E-state index >= 15 is 0 Å². The summed E-state index contributed by atoms with van der Waals surface area (Å²) < 4.78 is 0. The summed E-state index contributed by atoms with van der Waals surface area (Å²) in [7, 11) is 0. The van der Waals surface area contributed by atoms with Gasteiger partial charge >= 0.3 is 0 Å². The monoisotopic (exact) mass is 512 g/mol. The molecule has 2 aliphatic rings. The van der Waals surface area contributed by atoms with Crippen molar-refractivity contribution in [1.29, 1.82) is 0 Å². The third-order valence-electron chi connectivity index (χ3n) is 7.22. The topological polar surface area (TPSA) is 40.6 Å². The lowest BCUT2D eigenvalue weighted by molar-refractivity contribution is -0.127. The second-order valence-corrected chi connectivity index (χ2v) is 10.0. The number of halogens is 2. The van der Waals surface area contributed by atoms with Crippen molar-refractivity contribution in [2.75, 3.05) is 9.80 Å². The van der Waals surface area contributed by atoms with E-state index in [4.69, 9.17) is 23.2 Å². The zero-order valence-electron chi connectivity index (χ0n) is 19.2. The van der Waals surface area contributed by atoms with Gasteiger partial charge in [-0.1, -0.05) is 84.4 Å². The molecule has 0 spiro atoms. The van der Waals surface area contributed by atoms with Gasteiger partial charge in [-0.2, -0.15) is 0 Å². The van der Waals surface area contributed by atoms with Crippen LogP contribution in [0, 0.1) is 0 Å². The quantitative estimate of drug-likeness (QED) is 0.219. The highest BCUT2D eigenvalue weighted by molar-refractivity contribution is 6.39. The highest BCUT2D eigenvalue weighted by atomic mass is 35.5. The number of para-hydroxylation sites is 2. The maximum atomic E-state index is 14.2. The van der Waals surface area contributed by atoms with Gasteiger partial charge in [0, 0.05) is 17.0 Å². The van der Waals surface area contributed by atoms with Crippen LogP contribution < -0.4 is 9.80 Å². The van der Waals surface area contributed by atoms with E-state index in [1.807, 2.05) is 114 Å². The first kappa shape index (κ1) is 22.8. The highest BCUT2D eigenvalue weighted by Gasteiger charge is 2.64. The number of carbonyl (C=O) groups is 2. The Morgan fingerprint density at radius 1 is 0.778 bits per heavy atom. The van der Waals surface area contributed by atoms with Crippen molar-refractivity contribution in [2.45, 2.75) is 23.4 Å². The zero-order valence-corrected chi connectivity index (χ0v) is 20.7. The van der Waals surface area contributed by atoms with Crippen LogP contribution in [0.1, 0.15) is 33.9 Å². The number of alkyl halides is 1. The fraction of sp³-hybridized carbons (Fsp3) is 0.133. The lowest BCUT2D eigenvalue weighted by Crippen LogP contribution is -2.70. The molecule has 0 saturated carbocycles. The summed E-state index contributed by atoms with van der Waals surface area (Å²) in [4.78, 5) is 31.2. The third kappa shape index (κ3) is 3.36. The van der Waals surface area contributed by atoms with E-state index in [1.165, 1.54) is 0 Å². The number of hydrogen-bond acceptors (Lipinski definition) is 2. The van der Waals surface area contributed by atoms with E-state index < -0.39 is 10.9 Å². The number of benzene rings is 4. The minimum atomic E-state index is -0.856. The number of rotatable bonds is 3. The van der Waals surface area contributed by atoms with Crippen molar-refractivity contribution in [2.24, 2.45) is 0 Å². The molecule has 4 aromatic rings. The Balaban J connectivity index is 1.63. The summed E-state index contributed by atoms with van der Waals surface area (Å²) in [6, 6.07) is 33.8. The molecule has 2 amide bonds. The largest absolute Gasteiger partial charge is 0.299 e. The fourth-order valence-corrected chi connectivity index (χ4v) is 6.08. The first-order valence-corrected chi connectivity index (χ1v) is 12.6. The van der Waals surface area contributed by atoms with Crippen molar-refractivity contribution in [3.8, 4) is 0 Å². The van der Waals surface area contributed by atoms with Gasteiger partial charge in [-0.05, 0) is 47.5 Å². The number of β-lactam (4-membered cyclic amide) rings is 1. The Labute approximate surface area is 219 Å². The van der Waals surface area contributed by atoms with Gasteiger partial charge in [0.25, 0.3) is 5.91 Å². The lowest BCUT2D eigenvalue weighted by Gasteiger charge is -2.55. The third-order valence-corrected chi connectivity index (χ3v) is 8.02. The number of nitrogens with zero attached hydrogens (tertiary/aromatic N) is 2. The van der Waals surface area contributed by atoms with Crippen LogP contribution in [0.4, 0.5) is 11.4 Å². The summed E-state index contributed by atoms with van der Waals surface area (Å²) in [6.45, 7) is 0. The van der Waals surface area contributed by atoms with E-state index in [2.05, 4.69) is 0 Å². The maximum Gasteiger partial charge on any atom is 0.258 e. The van der Waals surface area contributed by atoms with Gasteiger partial charge in [-0.3, -0.25) is 19.4 Å². The molecule has 1 fully saturated rings. The second-order valence-electron chi connectivity index (χ2n) is 9.13. The minimum Gasteiger partial charge on any atom is -0.299 e. The first-order valence-electron chi connectivity index (χ1n) is 11.8. The van der Waals surface area contributed by atoms with Crippen LogP contribution >= 0.6 is 23.2 Å². The molecule has 6 rings (SSSR count). The lowest BCUT2D eigenvalue weighted by atomic mass is 9.72. The Hall–Kier alpha value is -3.60. The molecule has 0 aliphatic carbocycles. The van der Waals surface area contributed by atoms with Crippen molar-refractivity contribution in [3.63, 3.8) is 0 Å². The molecule has 1 saturated heterocycles. The van der Waals surface area contributed by atoms with E-state index in [9.17, 15) is 9.59 Å². The summed E-state index contributed by atoms with van der Waals surface area (Å²) in [5, 5.41) is -0.183. The van der Waals surface area contributed by atoms with Gasteiger partial charge in [-0.15, -0.1) is 11.6 Å². The Morgan fingerprint density at radius 2 is 1.36 bits per heavy atom. The highest BCUT2D eigenvalue weighted by Crippen LogP contribution is 2.58. The molecule has 4 nitrogen and oxygen atoms in total. The van der Waals surface area contributed by atoms with Gasteiger partial charge in [0.05, 0.1) is 17.4 Å². The molecule has 2 aliphatic heterocycles. The molecular formula is C30H22Cl2N2O2. The van der Waals surface area contributed by atoms with Crippen LogP contribution in [0.3, 0.4) is 0 Å². The minimum absolute atomic E-state index is 0.135. The average molecular weight is 513 g/mol. The summed E-state index contributed by atoms with van der Waals surface area (Å²) in [5.74, 6) is -0.316. The van der Waals surface area contributed by atoms with E-state index in [0.717, 1.165) is 11.1 Å². The Kier molecular flexibility index (Phi) is 5.59. The van der Waals surface area contributed by atoms with Crippen LogP contribution in [0.25, 0.3) is 0 Å². The van der Waals surface area contributed by atoms with Crippen LogP contribution in [-0.4, -0.2) is 17.2 Å². The molecule has 36 heavy (non-hydrogen) atoms. The van der Waals surface area contributed by atoms with Gasteiger partial charge in [0.15, 0.2) is 0 Å². The zero-order chi connectivity index (χ0) is 24.9. The molecule has 0 bridgehead atoms. The SMILES string of the molecule is O=C(c1ccccc1)N1c2ccccc2N2C(=O)C(Cl)C2(c2ccc(Cl)cc2)CC1c1ccccc1. The van der Waals surface area contributed by atoms with E-state index in [0.29, 0.717) is 28.4 Å². The molecule has 3 atom stereocenters. The summed E-state index contributed by atoms with van der Waals surface area (Å²) in [6.07, 6.45) is 0.422. The van der Waals surface area contributed by atoms with Crippen molar-refractivity contribution in [1.82, 2.24) is 0 Å². The normalized spacial score (nSPS) is 22.8. The molecule has 0 N–H and O–H groups in total. The fourth-order valence-electron chi connectivity index (χ4n) is 5.55. The molecular weight excluding hydrogens is 491 g/mol. The van der Waals surface area contributed by atoms with Crippen molar-refractivity contribution in [3.05, 3.63) is 131 Å². The Morgan fingerprint density at radius 3 is 2.03 bits per heavy atom. The molecule has 6 heteroatoms. The number of carbonyl (C=O) groups excluding carboxylic acids is 2. The van der Waals surface area contributed by atoms with Gasteiger partial charge in [0.1, 0.15) is 10.9 Å². The van der Waals surface area contributed by atoms with Crippen molar-refractivity contribution < 1.29 is 9.59 Å². The van der Waals surface area contributed by atoms with Gasteiger partial charge < -0.3 is 0 Å². The average Bonchev–Trinajstić information content (AvgIpc) is 3.05. The predicted octanol–water partition coefficient (Wildman–Crippen LogP) is 6.98. The second kappa shape index (κ2) is 8.81. The van der Waals surface area contributed by atoms with Gasteiger partial charge in [-0.25, -0.2) is 0 Å². The molecule has 2 heterocycles. The number of hydrogen-bond donors (Lipinski definition) is 0. The number of amides is 2. The summed E-state index contributed by atoms with van der Waals surface area (Å²) >= 11 is 13.1. The smallest absolute Gasteiger partial charge is 0.258 e. The number of fused-ring (bicyclic) bond motifs is 3. The molecule has 4 aromatic carbocycles. The summed E-state index contributed by atoms with van der Waals surface area (Å²) in [5.41, 5.74) is 2.91. The van der Waals surface area contributed by atoms with E-state index in [-0.39, 0.29) is 17.9 Å². The van der Waals surface area contributed by atoms with Crippen molar-refractivity contribution >= 4 is 46.4 Å². The van der Waals surface area contributed by atoms with Crippen LogP contribution in [0.15, 0.2) is 109 Å². The predicted molar refractivity (Wildman–Crippen MR) is 144 cm³/mol. The van der Waals surface area contributed by atoms with Crippen LogP contribution in [0.2, 0.25) is 5.02 Å².